The minimum atomic E-state index is -0.466. The van der Waals surface area contributed by atoms with Crippen LogP contribution in [0.4, 0.5) is 11.4 Å². The van der Waals surface area contributed by atoms with Crippen molar-refractivity contribution in [3.63, 3.8) is 0 Å². The van der Waals surface area contributed by atoms with Crippen molar-refractivity contribution in [3.05, 3.63) is 70.3 Å². The van der Waals surface area contributed by atoms with Gasteiger partial charge < -0.3 is 15.0 Å². The van der Waals surface area contributed by atoms with Gasteiger partial charge in [0.1, 0.15) is 11.9 Å². The molecule has 0 atom stereocenters. The summed E-state index contributed by atoms with van der Waals surface area (Å²) >= 11 is 0. The third-order valence-electron chi connectivity index (χ3n) is 4.60. The maximum atomic E-state index is 12.1. The molecule has 7 heteroatoms. The van der Waals surface area contributed by atoms with Crippen LogP contribution in [0.3, 0.4) is 0 Å². The van der Waals surface area contributed by atoms with Gasteiger partial charge in [0.05, 0.1) is 4.92 Å². The molecule has 1 saturated heterocycles. The van der Waals surface area contributed by atoms with Gasteiger partial charge in [-0.3, -0.25) is 14.9 Å². The number of benzene rings is 2. The molecule has 0 bridgehead atoms. The first-order valence-electron chi connectivity index (χ1n) is 9.18. The summed E-state index contributed by atoms with van der Waals surface area (Å²) in [6.45, 7) is 2.07. The second-order valence-electron chi connectivity index (χ2n) is 6.82. The Morgan fingerprint density at radius 2 is 1.93 bits per heavy atom. The van der Waals surface area contributed by atoms with Crippen LogP contribution < -0.4 is 10.1 Å². The van der Waals surface area contributed by atoms with Gasteiger partial charge in [-0.05, 0) is 55.8 Å². The van der Waals surface area contributed by atoms with Crippen LogP contribution in [0.15, 0.2) is 54.6 Å². The van der Waals surface area contributed by atoms with E-state index in [0.29, 0.717) is 11.3 Å². The Balaban J connectivity index is 1.53. The molecular formula is C21H23N3O4. The van der Waals surface area contributed by atoms with Gasteiger partial charge in [0.15, 0.2) is 0 Å². The molecule has 3 rings (SSSR count). The van der Waals surface area contributed by atoms with Gasteiger partial charge in [0, 0.05) is 37.0 Å². The first-order chi connectivity index (χ1) is 13.5. The van der Waals surface area contributed by atoms with Gasteiger partial charge in [-0.25, -0.2) is 0 Å². The second-order valence-corrected chi connectivity index (χ2v) is 6.82. The summed E-state index contributed by atoms with van der Waals surface area (Å²) in [5, 5.41) is 13.6. The van der Waals surface area contributed by atoms with Crippen molar-refractivity contribution in [2.75, 3.05) is 25.5 Å². The zero-order valence-corrected chi connectivity index (χ0v) is 15.7. The van der Waals surface area contributed by atoms with Crippen LogP contribution >= 0.6 is 0 Å². The van der Waals surface area contributed by atoms with Crippen molar-refractivity contribution in [2.24, 2.45) is 0 Å². The van der Waals surface area contributed by atoms with Crippen LogP contribution in [-0.4, -0.2) is 42.0 Å². The molecule has 1 heterocycles. The van der Waals surface area contributed by atoms with Gasteiger partial charge in [0.25, 0.3) is 5.69 Å². The highest BCUT2D eigenvalue weighted by Gasteiger charge is 2.17. The summed E-state index contributed by atoms with van der Waals surface area (Å²) in [7, 11) is 2.11. The maximum Gasteiger partial charge on any atom is 0.270 e. The predicted molar refractivity (Wildman–Crippen MR) is 108 cm³/mol. The molecule has 0 unspecified atom stereocenters. The van der Waals surface area contributed by atoms with E-state index in [1.54, 1.807) is 30.3 Å². The number of amides is 1. The molecule has 1 fully saturated rings. The number of hydrogen-bond donors (Lipinski definition) is 1. The SMILES string of the molecule is CN1CCC(Oc2ccc(NC(=O)/C=C/c3cccc([N+](=O)[O-])c3)cc2)CC1. The van der Waals surface area contributed by atoms with Crippen molar-refractivity contribution in [1.82, 2.24) is 4.90 Å². The van der Waals surface area contributed by atoms with Crippen molar-refractivity contribution in [3.8, 4) is 5.75 Å². The zero-order chi connectivity index (χ0) is 19.9. The van der Waals surface area contributed by atoms with Crippen LogP contribution in [0, 0.1) is 10.1 Å². The number of piperidine rings is 1. The standard InChI is InChI=1S/C21H23N3O4/c1-23-13-11-20(12-14-23)28-19-8-6-17(7-9-19)22-21(25)10-5-16-3-2-4-18(15-16)24(26)27/h2-10,15,20H,11-14H2,1H3,(H,22,25)/b10-5+. The third kappa shape index (κ3) is 5.65. The largest absolute Gasteiger partial charge is 0.490 e. The van der Waals surface area contributed by atoms with Crippen LogP contribution in [-0.2, 0) is 4.79 Å². The number of anilines is 1. The van der Waals surface area contributed by atoms with Gasteiger partial charge in [0.2, 0.25) is 5.91 Å². The average Bonchev–Trinajstić information content (AvgIpc) is 2.70. The van der Waals surface area contributed by atoms with Gasteiger partial charge in [-0.1, -0.05) is 12.1 Å². The minimum Gasteiger partial charge on any atom is -0.490 e. The zero-order valence-electron chi connectivity index (χ0n) is 15.7. The lowest BCUT2D eigenvalue weighted by molar-refractivity contribution is -0.384. The van der Waals surface area contributed by atoms with E-state index >= 15 is 0 Å². The Kier molecular flexibility index (Phi) is 6.39. The average molecular weight is 381 g/mol. The molecule has 7 nitrogen and oxygen atoms in total. The highest BCUT2D eigenvalue weighted by atomic mass is 16.6. The van der Waals surface area contributed by atoms with E-state index in [9.17, 15) is 14.9 Å². The molecule has 0 spiro atoms. The molecule has 1 amide bonds. The summed E-state index contributed by atoms with van der Waals surface area (Å²) in [6.07, 6.45) is 5.14. The Morgan fingerprint density at radius 1 is 1.21 bits per heavy atom. The summed E-state index contributed by atoms with van der Waals surface area (Å²) in [5.74, 6) is 0.482. The smallest absolute Gasteiger partial charge is 0.270 e. The van der Waals surface area contributed by atoms with E-state index in [1.165, 1.54) is 18.2 Å². The van der Waals surface area contributed by atoms with Gasteiger partial charge in [-0.15, -0.1) is 0 Å². The number of rotatable bonds is 6. The lowest BCUT2D eigenvalue weighted by Crippen LogP contribution is -2.35. The number of nitro benzene ring substituents is 1. The number of carbonyl (C=O) groups is 1. The predicted octanol–water partition coefficient (Wildman–Crippen LogP) is 3.72. The van der Waals surface area contributed by atoms with Crippen LogP contribution in [0.25, 0.3) is 6.08 Å². The number of carbonyl (C=O) groups excluding carboxylic acids is 1. The molecule has 0 saturated carbocycles. The number of hydrogen-bond acceptors (Lipinski definition) is 5. The summed E-state index contributed by atoms with van der Waals surface area (Å²) < 4.78 is 5.99. The molecule has 1 aliphatic rings. The fraction of sp³-hybridized carbons (Fsp3) is 0.286. The highest BCUT2D eigenvalue weighted by molar-refractivity contribution is 6.01. The quantitative estimate of drug-likeness (QED) is 0.468. The van der Waals surface area contributed by atoms with Crippen LogP contribution in [0.5, 0.6) is 5.75 Å². The Bertz CT molecular complexity index is 856. The van der Waals surface area contributed by atoms with E-state index in [0.717, 1.165) is 31.7 Å². The van der Waals surface area contributed by atoms with Crippen molar-refractivity contribution in [1.29, 1.82) is 0 Å². The molecule has 0 aromatic heterocycles. The maximum absolute atomic E-state index is 12.1. The lowest BCUT2D eigenvalue weighted by Gasteiger charge is -2.29. The highest BCUT2D eigenvalue weighted by Crippen LogP contribution is 2.21. The fourth-order valence-corrected chi connectivity index (χ4v) is 3.01. The van der Waals surface area contributed by atoms with Crippen LogP contribution in [0.1, 0.15) is 18.4 Å². The molecule has 0 aliphatic carbocycles. The number of non-ortho nitro benzene ring substituents is 1. The summed E-state index contributed by atoms with van der Waals surface area (Å²) in [5.41, 5.74) is 1.23. The van der Waals surface area contributed by atoms with Crippen molar-refractivity contribution >= 4 is 23.4 Å². The van der Waals surface area contributed by atoms with Crippen molar-refractivity contribution in [2.45, 2.75) is 18.9 Å². The topological polar surface area (TPSA) is 84.7 Å². The van der Waals surface area contributed by atoms with E-state index < -0.39 is 4.92 Å². The molecule has 2 aromatic carbocycles. The lowest BCUT2D eigenvalue weighted by atomic mass is 10.1. The number of nitrogens with zero attached hydrogens (tertiary/aromatic N) is 2. The normalized spacial score (nSPS) is 15.5. The number of ether oxygens (including phenoxy) is 1. The summed E-state index contributed by atoms with van der Waals surface area (Å²) in [4.78, 5) is 24.7. The third-order valence-corrected chi connectivity index (χ3v) is 4.60. The van der Waals surface area contributed by atoms with Crippen LogP contribution in [0.2, 0.25) is 0 Å². The molecule has 0 radical (unpaired) electrons. The Hall–Kier alpha value is -3.19. The monoisotopic (exact) mass is 381 g/mol. The minimum absolute atomic E-state index is 0.0113. The van der Waals surface area contributed by atoms with E-state index in [1.807, 2.05) is 12.1 Å². The van der Waals surface area contributed by atoms with E-state index in [2.05, 4.69) is 17.3 Å². The molecule has 2 aromatic rings. The number of likely N-dealkylation sites (tertiary alicyclic amines) is 1. The Morgan fingerprint density at radius 3 is 2.61 bits per heavy atom. The molecule has 28 heavy (non-hydrogen) atoms. The first-order valence-corrected chi connectivity index (χ1v) is 9.18. The fourth-order valence-electron chi connectivity index (χ4n) is 3.01. The number of nitrogens with one attached hydrogen (secondary N) is 1. The first kappa shape index (κ1) is 19.6. The van der Waals surface area contributed by atoms with E-state index in [-0.39, 0.29) is 17.7 Å². The van der Waals surface area contributed by atoms with E-state index in [4.69, 9.17) is 4.74 Å². The molecule has 146 valence electrons. The van der Waals surface area contributed by atoms with Crippen molar-refractivity contribution < 1.29 is 14.5 Å². The second kappa shape index (κ2) is 9.14. The van der Waals surface area contributed by atoms with Gasteiger partial charge >= 0.3 is 0 Å². The Labute approximate surface area is 163 Å². The molecule has 1 N–H and O–H groups in total. The molecule has 1 aliphatic heterocycles. The molecular weight excluding hydrogens is 358 g/mol. The van der Waals surface area contributed by atoms with Gasteiger partial charge in [-0.2, -0.15) is 0 Å². The summed E-state index contributed by atoms with van der Waals surface area (Å²) in [6, 6.07) is 13.4. The number of nitro groups is 1.